The summed E-state index contributed by atoms with van der Waals surface area (Å²) in [6, 6.07) is 7.79. The van der Waals surface area contributed by atoms with E-state index in [4.69, 9.17) is 4.74 Å². The molecule has 174 valence electrons. The molecule has 1 aliphatic rings. The Morgan fingerprint density at radius 1 is 1.15 bits per heavy atom. The highest BCUT2D eigenvalue weighted by Gasteiger charge is 2.48. The van der Waals surface area contributed by atoms with Crippen LogP contribution in [0.5, 0.6) is 0 Å². The van der Waals surface area contributed by atoms with E-state index in [1.54, 1.807) is 0 Å². The van der Waals surface area contributed by atoms with Gasteiger partial charge in [0.2, 0.25) is 0 Å². The second kappa shape index (κ2) is 8.79. The predicted molar refractivity (Wildman–Crippen MR) is 121 cm³/mol. The third-order valence-electron chi connectivity index (χ3n) is 5.42. The zero-order chi connectivity index (χ0) is 24.7. The van der Waals surface area contributed by atoms with E-state index in [0.29, 0.717) is 5.56 Å². The molecule has 1 atom stereocenters. The van der Waals surface area contributed by atoms with Crippen LogP contribution in [0.4, 0.5) is 13.9 Å². The molecule has 1 aromatic heterocycles. The Morgan fingerprint density at radius 3 is 2.53 bits per heavy atom. The van der Waals surface area contributed by atoms with Crippen LogP contribution in [-0.2, 0) is 14.3 Å². The summed E-state index contributed by atoms with van der Waals surface area (Å²) in [5.74, 6) is -4.62. The van der Waals surface area contributed by atoms with Gasteiger partial charge in [0.25, 0.3) is 5.78 Å². The summed E-state index contributed by atoms with van der Waals surface area (Å²) >= 11 is 0.821. The molecule has 0 aliphatic carbocycles. The lowest BCUT2D eigenvalue weighted by Gasteiger charge is -2.23. The van der Waals surface area contributed by atoms with Gasteiger partial charge in [-0.15, -0.1) is 0 Å². The molecular weight excluding hydrogens is 466 g/mol. The molecule has 0 spiro atoms. The van der Waals surface area contributed by atoms with Crippen molar-refractivity contribution in [3.63, 3.8) is 0 Å². The molecular formula is C24H18F2N2O5S. The van der Waals surface area contributed by atoms with Crippen molar-refractivity contribution in [2.24, 2.45) is 0 Å². The van der Waals surface area contributed by atoms with Gasteiger partial charge in [0.15, 0.2) is 5.13 Å². The summed E-state index contributed by atoms with van der Waals surface area (Å²) in [6.45, 7) is 3.07. The number of nitrogens with zero attached hydrogens (tertiary/aromatic N) is 2. The molecule has 7 nitrogen and oxygen atoms in total. The number of benzene rings is 2. The predicted octanol–water partition coefficient (Wildman–Crippen LogP) is 4.45. The highest BCUT2D eigenvalue weighted by Crippen LogP contribution is 2.44. The fourth-order valence-corrected chi connectivity index (χ4v) is 4.70. The molecule has 1 unspecified atom stereocenters. The van der Waals surface area contributed by atoms with E-state index in [1.807, 2.05) is 0 Å². The van der Waals surface area contributed by atoms with Crippen LogP contribution in [0.15, 0.2) is 48.0 Å². The highest BCUT2D eigenvalue weighted by atomic mass is 32.1. The fraction of sp³-hybridized carbons (Fsp3) is 0.167. The number of aryl methyl sites for hydroxylation is 2. The molecule has 10 heteroatoms. The number of rotatable bonds is 4. The highest BCUT2D eigenvalue weighted by molar-refractivity contribution is 7.17. The number of methoxy groups -OCH3 is 1. The van der Waals surface area contributed by atoms with Gasteiger partial charge in [-0.05, 0) is 43.2 Å². The normalized spacial score (nSPS) is 17.3. The van der Waals surface area contributed by atoms with Gasteiger partial charge in [0, 0.05) is 5.56 Å². The second-order valence-corrected chi connectivity index (χ2v) is 8.57. The van der Waals surface area contributed by atoms with E-state index in [2.05, 4.69) is 4.98 Å². The number of aromatic nitrogens is 1. The quantitative estimate of drug-likeness (QED) is 0.254. The van der Waals surface area contributed by atoms with E-state index in [0.717, 1.165) is 28.4 Å². The van der Waals surface area contributed by atoms with Crippen molar-refractivity contribution in [3.05, 3.63) is 86.9 Å². The zero-order valence-corrected chi connectivity index (χ0v) is 19.1. The molecule has 1 N–H and O–H groups in total. The summed E-state index contributed by atoms with van der Waals surface area (Å²) in [4.78, 5) is 43.6. The smallest absolute Gasteiger partial charge is 0.350 e. The average Bonchev–Trinajstić information content (AvgIpc) is 3.31. The summed E-state index contributed by atoms with van der Waals surface area (Å²) in [6.07, 6.45) is 0. The molecule has 0 saturated carbocycles. The van der Waals surface area contributed by atoms with Crippen molar-refractivity contribution in [3.8, 4) is 0 Å². The third kappa shape index (κ3) is 3.86. The van der Waals surface area contributed by atoms with Gasteiger partial charge in [-0.3, -0.25) is 14.5 Å². The number of aliphatic hydroxyl groups excluding tert-OH is 1. The lowest BCUT2D eigenvalue weighted by atomic mass is 9.95. The Labute approximate surface area is 196 Å². The summed E-state index contributed by atoms with van der Waals surface area (Å²) in [5, 5.41) is 11.0. The Bertz CT molecular complexity index is 1380. The Balaban J connectivity index is 1.95. The van der Waals surface area contributed by atoms with E-state index >= 15 is 0 Å². The molecule has 1 aliphatic heterocycles. The summed E-state index contributed by atoms with van der Waals surface area (Å²) in [5.41, 5.74) is 0.403. The number of ketones is 1. The van der Waals surface area contributed by atoms with E-state index in [1.165, 1.54) is 51.3 Å². The van der Waals surface area contributed by atoms with Crippen molar-refractivity contribution < 1.29 is 33.0 Å². The van der Waals surface area contributed by atoms with Crippen LogP contribution in [0.25, 0.3) is 5.76 Å². The molecule has 3 aromatic rings. The van der Waals surface area contributed by atoms with Gasteiger partial charge in [0.05, 0.1) is 24.4 Å². The topological polar surface area (TPSA) is 96.8 Å². The number of esters is 1. The Morgan fingerprint density at radius 2 is 1.88 bits per heavy atom. The molecule has 1 saturated heterocycles. The van der Waals surface area contributed by atoms with Crippen molar-refractivity contribution in [1.82, 2.24) is 4.98 Å². The van der Waals surface area contributed by atoms with Crippen LogP contribution < -0.4 is 4.90 Å². The largest absolute Gasteiger partial charge is 0.507 e. The molecule has 4 rings (SSSR count). The first-order valence-electron chi connectivity index (χ1n) is 10.0. The van der Waals surface area contributed by atoms with Crippen molar-refractivity contribution in [1.29, 1.82) is 0 Å². The van der Waals surface area contributed by atoms with E-state index < -0.39 is 41.1 Å². The Kier molecular flexibility index (Phi) is 6.01. The first-order valence-corrected chi connectivity index (χ1v) is 10.8. The number of Topliss-reactive ketones (excluding diaryl/α,β-unsaturated/α-hetero) is 1. The van der Waals surface area contributed by atoms with Crippen LogP contribution >= 0.6 is 11.3 Å². The second-order valence-electron chi connectivity index (χ2n) is 7.59. The maximum Gasteiger partial charge on any atom is 0.350 e. The minimum atomic E-state index is -1.27. The molecule has 1 amide bonds. The molecule has 0 radical (unpaired) electrons. The molecule has 2 aromatic carbocycles. The number of halogens is 2. The molecule has 2 heterocycles. The fourth-order valence-electron chi connectivity index (χ4n) is 3.68. The van der Waals surface area contributed by atoms with Crippen LogP contribution in [0, 0.1) is 25.5 Å². The van der Waals surface area contributed by atoms with Gasteiger partial charge >= 0.3 is 11.9 Å². The number of thiazole rings is 1. The summed E-state index contributed by atoms with van der Waals surface area (Å²) in [7, 11) is 1.20. The van der Waals surface area contributed by atoms with Crippen molar-refractivity contribution in [2.75, 3.05) is 12.0 Å². The van der Waals surface area contributed by atoms with Crippen molar-refractivity contribution in [2.45, 2.75) is 19.9 Å². The van der Waals surface area contributed by atoms with E-state index in [9.17, 15) is 28.3 Å². The summed E-state index contributed by atoms with van der Waals surface area (Å²) < 4.78 is 33.0. The van der Waals surface area contributed by atoms with Crippen LogP contribution in [0.2, 0.25) is 0 Å². The maximum atomic E-state index is 14.2. The van der Waals surface area contributed by atoms with Gasteiger partial charge in [-0.25, -0.2) is 18.6 Å². The Hall–Kier alpha value is -3.92. The number of ether oxygens (including phenoxy) is 1. The number of carbonyl (C=O) groups excluding carboxylic acids is 3. The molecule has 1 fully saturated rings. The zero-order valence-electron chi connectivity index (χ0n) is 18.3. The van der Waals surface area contributed by atoms with Gasteiger partial charge in [-0.2, -0.15) is 0 Å². The SMILES string of the molecule is COC(=O)c1sc(N2C(=O)C(=O)/C(=C(/O)c3ccc(C)c(F)c3)C2c2cccc(F)c2)nc1C. The van der Waals surface area contributed by atoms with Gasteiger partial charge in [-0.1, -0.05) is 35.6 Å². The lowest BCUT2D eigenvalue weighted by Crippen LogP contribution is -2.29. The lowest BCUT2D eigenvalue weighted by molar-refractivity contribution is -0.132. The number of hydrogen-bond acceptors (Lipinski definition) is 7. The van der Waals surface area contributed by atoms with Crippen LogP contribution in [0.1, 0.15) is 38.1 Å². The van der Waals surface area contributed by atoms with Gasteiger partial charge < -0.3 is 9.84 Å². The number of anilines is 1. The average molecular weight is 484 g/mol. The minimum Gasteiger partial charge on any atom is -0.507 e. The first kappa shape index (κ1) is 23.2. The van der Waals surface area contributed by atoms with Crippen molar-refractivity contribution >= 4 is 39.9 Å². The number of amides is 1. The minimum absolute atomic E-state index is 0.0107. The van der Waals surface area contributed by atoms with Crippen LogP contribution in [0.3, 0.4) is 0 Å². The third-order valence-corrected chi connectivity index (χ3v) is 6.55. The molecule has 34 heavy (non-hydrogen) atoms. The number of aliphatic hydroxyl groups is 1. The van der Waals surface area contributed by atoms with Gasteiger partial charge in [0.1, 0.15) is 22.3 Å². The van der Waals surface area contributed by atoms with E-state index in [-0.39, 0.29) is 32.4 Å². The van der Waals surface area contributed by atoms with Crippen LogP contribution in [-0.4, -0.2) is 34.9 Å². The standard InChI is InChI=1S/C24H18F2N2O5S/c1-11-7-8-14(10-16(11)26)19(29)17-18(13-5-4-6-15(25)9-13)28(22(31)20(17)30)24-27-12(2)21(34-24)23(32)33-3/h4-10,18,29H,1-3H3/b19-17+. The monoisotopic (exact) mass is 484 g/mol. The number of hydrogen-bond donors (Lipinski definition) is 1. The number of carbonyl (C=O) groups is 3. The first-order chi connectivity index (χ1) is 16.1. The maximum absolute atomic E-state index is 14.2. The molecule has 0 bridgehead atoms.